The average molecular weight is 595 g/mol. The summed E-state index contributed by atoms with van der Waals surface area (Å²) in [5.74, 6) is -1.91. The highest BCUT2D eigenvalue weighted by atomic mass is 19.2. The van der Waals surface area contributed by atoms with Gasteiger partial charge in [-0.05, 0) is 54.0 Å². The fraction of sp³-hybridized carbons (Fsp3) is 0.526. The van der Waals surface area contributed by atoms with Crippen LogP contribution in [-0.4, -0.2) is 19.5 Å². The van der Waals surface area contributed by atoms with Crippen molar-refractivity contribution in [2.75, 3.05) is 13.2 Å². The van der Waals surface area contributed by atoms with Crippen molar-refractivity contribution in [3.63, 3.8) is 0 Å². The van der Waals surface area contributed by atoms with Gasteiger partial charge in [0.15, 0.2) is 17.9 Å². The minimum absolute atomic E-state index is 0.00564. The maximum atomic E-state index is 15.2. The van der Waals surface area contributed by atoms with Gasteiger partial charge in [-0.2, -0.15) is 0 Å². The zero-order valence-electron chi connectivity index (χ0n) is 26.1. The van der Waals surface area contributed by atoms with E-state index < -0.39 is 11.6 Å². The highest BCUT2D eigenvalue weighted by molar-refractivity contribution is 5.71. The second kappa shape index (κ2) is 17.6. The molecule has 1 fully saturated rings. The number of hydrogen-bond acceptors (Lipinski definition) is 2. The number of halogens is 3. The van der Waals surface area contributed by atoms with Crippen LogP contribution >= 0.6 is 0 Å². The first kappa shape index (κ1) is 33.3. The second-order valence-corrected chi connectivity index (χ2v) is 12.1. The van der Waals surface area contributed by atoms with E-state index in [1.807, 2.05) is 6.07 Å². The molecule has 1 aliphatic rings. The Hall–Kier alpha value is -2.63. The van der Waals surface area contributed by atoms with Crippen molar-refractivity contribution in [3.8, 4) is 22.3 Å². The Balaban J connectivity index is 1.31. The van der Waals surface area contributed by atoms with Crippen LogP contribution in [0.4, 0.5) is 13.2 Å². The van der Waals surface area contributed by atoms with Crippen LogP contribution in [0.2, 0.25) is 0 Å². The molecule has 0 bridgehead atoms. The molecule has 3 aromatic rings. The fourth-order valence-electron chi connectivity index (χ4n) is 5.94. The van der Waals surface area contributed by atoms with E-state index in [0.717, 1.165) is 37.7 Å². The van der Waals surface area contributed by atoms with Crippen LogP contribution in [-0.2, 0) is 15.9 Å². The molecule has 2 nitrogen and oxygen atoms in total. The highest BCUT2D eigenvalue weighted by Gasteiger charge is 2.24. The van der Waals surface area contributed by atoms with Gasteiger partial charge in [0.2, 0.25) is 0 Å². The predicted octanol–water partition coefficient (Wildman–Crippen LogP) is 11.5. The van der Waals surface area contributed by atoms with Crippen molar-refractivity contribution in [3.05, 3.63) is 83.2 Å². The van der Waals surface area contributed by atoms with Gasteiger partial charge in [-0.25, -0.2) is 13.2 Å². The van der Waals surface area contributed by atoms with Crippen molar-refractivity contribution in [2.24, 2.45) is 0 Å². The monoisotopic (exact) mass is 594 g/mol. The Bertz CT molecular complexity index is 1250. The summed E-state index contributed by atoms with van der Waals surface area (Å²) >= 11 is 0. The molecule has 0 radical (unpaired) electrons. The summed E-state index contributed by atoms with van der Waals surface area (Å²) in [6.45, 7) is 5.45. The number of aryl methyl sites for hydroxylation is 1. The van der Waals surface area contributed by atoms with Crippen LogP contribution in [0.25, 0.3) is 22.3 Å². The molecule has 0 saturated carbocycles. The summed E-state index contributed by atoms with van der Waals surface area (Å²) in [6.07, 6.45) is 15.3. The number of benzene rings is 3. The normalized spacial score (nSPS) is 17.0. The quantitative estimate of drug-likeness (QED) is 0.145. The standard InChI is InChI=1S/C38H49F3O2/c1-3-5-7-9-10-12-13-15-30-21-24-34(38(41)37(30)40)29-19-17-28(18-20-29)33-23-22-31(25-35(33)39)32-26-42-36(43-27-32)16-14-11-8-6-4-2/h17-25,32,36H,3-16,26-27H2,1-2H3. The van der Waals surface area contributed by atoms with Crippen molar-refractivity contribution >= 4 is 0 Å². The van der Waals surface area contributed by atoms with Gasteiger partial charge in [-0.1, -0.05) is 127 Å². The molecular formula is C38H49F3O2. The van der Waals surface area contributed by atoms with Gasteiger partial charge in [0.05, 0.1) is 13.2 Å². The van der Waals surface area contributed by atoms with E-state index in [4.69, 9.17) is 9.47 Å². The molecule has 234 valence electrons. The van der Waals surface area contributed by atoms with Crippen LogP contribution in [0.3, 0.4) is 0 Å². The highest BCUT2D eigenvalue weighted by Crippen LogP contribution is 2.32. The van der Waals surface area contributed by atoms with Gasteiger partial charge in [0.25, 0.3) is 0 Å². The third-order valence-corrected chi connectivity index (χ3v) is 8.69. The van der Waals surface area contributed by atoms with E-state index in [1.165, 1.54) is 51.4 Å². The molecule has 0 spiro atoms. The maximum Gasteiger partial charge on any atom is 0.166 e. The van der Waals surface area contributed by atoms with Crippen LogP contribution < -0.4 is 0 Å². The van der Waals surface area contributed by atoms with E-state index in [0.29, 0.717) is 41.9 Å². The number of rotatable bonds is 17. The molecule has 4 rings (SSSR count). The Labute approximate surface area is 257 Å². The largest absolute Gasteiger partial charge is 0.352 e. The number of hydrogen-bond donors (Lipinski definition) is 0. The molecule has 0 N–H and O–H groups in total. The first-order chi connectivity index (χ1) is 21.0. The smallest absolute Gasteiger partial charge is 0.166 e. The second-order valence-electron chi connectivity index (χ2n) is 12.1. The molecule has 5 heteroatoms. The molecule has 0 aliphatic carbocycles. The molecular weight excluding hydrogens is 545 g/mol. The molecule has 43 heavy (non-hydrogen) atoms. The number of unbranched alkanes of at least 4 members (excludes halogenated alkanes) is 10. The fourth-order valence-corrected chi connectivity index (χ4v) is 5.94. The van der Waals surface area contributed by atoms with Crippen LogP contribution in [0.5, 0.6) is 0 Å². The zero-order valence-corrected chi connectivity index (χ0v) is 26.1. The van der Waals surface area contributed by atoms with Crippen LogP contribution in [0.1, 0.15) is 114 Å². The number of ether oxygens (including phenoxy) is 2. The molecule has 0 amide bonds. The minimum Gasteiger partial charge on any atom is -0.352 e. The van der Waals surface area contributed by atoms with Crippen LogP contribution in [0.15, 0.2) is 54.6 Å². The topological polar surface area (TPSA) is 18.5 Å². The lowest BCUT2D eigenvalue weighted by atomic mass is 9.94. The van der Waals surface area contributed by atoms with E-state index in [1.54, 1.807) is 48.5 Å². The summed E-state index contributed by atoms with van der Waals surface area (Å²) in [5.41, 5.74) is 3.22. The zero-order chi connectivity index (χ0) is 30.4. The van der Waals surface area contributed by atoms with Gasteiger partial charge < -0.3 is 9.47 Å². The summed E-state index contributed by atoms with van der Waals surface area (Å²) in [6, 6.07) is 15.6. The van der Waals surface area contributed by atoms with Gasteiger partial charge in [-0.15, -0.1) is 0 Å². The van der Waals surface area contributed by atoms with E-state index in [9.17, 15) is 4.39 Å². The Morgan fingerprint density at radius 2 is 1.16 bits per heavy atom. The summed E-state index contributed by atoms with van der Waals surface area (Å²) in [4.78, 5) is 0. The van der Waals surface area contributed by atoms with Crippen molar-refractivity contribution in [1.29, 1.82) is 0 Å². The summed E-state index contributed by atoms with van der Waals surface area (Å²) in [7, 11) is 0. The van der Waals surface area contributed by atoms with Crippen molar-refractivity contribution in [1.82, 2.24) is 0 Å². The summed E-state index contributed by atoms with van der Waals surface area (Å²) < 4.78 is 57.0. The molecule has 1 aliphatic heterocycles. The van der Waals surface area contributed by atoms with Gasteiger partial charge in [-0.3, -0.25) is 0 Å². The molecule has 1 heterocycles. The predicted molar refractivity (Wildman–Crippen MR) is 171 cm³/mol. The van der Waals surface area contributed by atoms with Crippen LogP contribution in [0, 0.1) is 17.5 Å². The SMILES string of the molecule is CCCCCCCCCc1ccc(-c2ccc(-c3ccc(C4COC(CCCCCCC)OC4)cc3F)cc2)c(F)c1F. The third kappa shape index (κ3) is 9.68. The third-order valence-electron chi connectivity index (χ3n) is 8.69. The molecule has 0 atom stereocenters. The molecule has 0 unspecified atom stereocenters. The first-order valence-electron chi connectivity index (χ1n) is 16.6. The Morgan fingerprint density at radius 1 is 0.605 bits per heavy atom. The van der Waals surface area contributed by atoms with Gasteiger partial charge in [0, 0.05) is 17.0 Å². The Morgan fingerprint density at radius 3 is 1.79 bits per heavy atom. The van der Waals surface area contributed by atoms with Crippen molar-refractivity contribution in [2.45, 2.75) is 116 Å². The molecule has 3 aromatic carbocycles. The lowest BCUT2D eigenvalue weighted by molar-refractivity contribution is -0.190. The lowest BCUT2D eigenvalue weighted by Gasteiger charge is -2.30. The molecule has 0 aromatic heterocycles. The average Bonchev–Trinajstić information content (AvgIpc) is 3.03. The van der Waals surface area contributed by atoms with E-state index in [2.05, 4.69) is 13.8 Å². The van der Waals surface area contributed by atoms with Gasteiger partial charge >= 0.3 is 0 Å². The van der Waals surface area contributed by atoms with Crippen molar-refractivity contribution < 1.29 is 22.6 Å². The van der Waals surface area contributed by atoms with Gasteiger partial charge in [0.1, 0.15) is 5.82 Å². The minimum atomic E-state index is -0.820. The van der Waals surface area contributed by atoms with E-state index in [-0.39, 0.29) is 23.6 Å². The first-order valence-corrected chi connectivity index (χ1v) is 16.6. The maximum absolute atomic E-state index is 15.2. The Kier molecular flexibility index (Phi) is 13.6. The summed E-state index contributed by atoms with van der Waals surface area (Å²) in [5, 5.41) is 0. The molecule has 1 saturated heterocycles. The lowest BCUT2D eigenvalue weighted by Crippen LogP contribution is -2.30. The van der Waals surface area contributed by atoms with E-state index >= 15 is 8.78 Å².